The Labute approximate surface area is 384 Å². The van der Waals surface area contributed by atoms with E-state index in [1.165, 1.54) is 22.3 Å². The Hall–Kier alpha value is -5.36. The fraction of sp³-hybridized carbons (Fsp3) is 0.531. The van der Waals surface area contributed by atoms with Crippen LogP contribution in [-0.4, -0.2) is 92.2 Å². The third-order valence-electron chi connectivity index (χ3n) is 15.2. The van der Waals surface area contributed by atoms with Gasteiger partial charge in [-0.1, -0.05) is 30.9 Å². The molecule has 4 fully saturated rings. The zero-order valence-electron chi connectivity index (χ0n) is 38.8. The second-order valence-corrected chi connectivity index (χ2v) is 26.0. The molecule has 2 aromatic carbocycles. The molecule has 11 rings (SSSR count). The summed E-state index contributed by atoms with van der Waals surface area (Å²) in [5.74, 6) is -0.531. The summed E-state index contributed by atoms with van der Waals surface area (Å²) in [6.45, 7) is 12.2. The van der Waals surface area contributed by atoms with Gasteiger partial charge in [-0.2, -0.15) is 5.10 Å². The molecule has 350 valence electrons. The summed E-state index contributed by atoms with van der Waals surface area (Å²) >= 11 is 0. The molecule has 4 aromatic heterocycles. The number of amides is 1. The summed E-state index contributed by atoms with van der Waals surface area (Å²) in [6, 6.07) is 14.9. The molecular weight excluding hydrogens is 860 g/mol. The first-order chi connectivity index (χ1) is 31.8. The van der Waals surface area contributed by atoms with Crippen molar-refractivity contribution < 1.29 is 27.9 Å². The Bertz CT molecular complexity index is 2850. The van der Waals surface area contributed by atoms with Crippen LogP contribution in [0.5, 0.6) is 0 Å². The van der Waals surface area contributed by atoms with Crippen LogP contribution in [0.4, 0.5) is 4.39 Å². The van der Waals surface area contributed by atoms with Crippen LogP contribution in [0.15, 0.2) is 75.0 Å². The van der Waals surface area contributed by atoms with Crippen molar-refractivity contribution in [2.45, 2.75) is 121 Å². The van der Waals surface area contributed by atoms with Gasteiger partial charge in [0.25, 0.3) is 5.91 Å². The lowest BCUT2D eigenvalue weighted by molar-refractivity contribution is -0.0478. The Morgan fingerprint density at radius 1 is 0.939 bits per heavy atom. The first-order valence-corrected chi connectivity index (χ1v) is 27.3. The van der Waals surface area contributed by atoms with Crippen molar-refractivity contribution in [1.82, 2.24) is 38.1 Å². The molecule has 0 spiro atoms. The number of benzene rings is 2. The highest BCUT2D eigenvalue weighted by atomic mass is 28.3. The van der Waals surface area contributed by atoms with Crippen molar-refractivity contribution in [3.63, 3.8) is 0 Å². The predicted octanol–water partition coefficient (Wildman–Crippen LogP) is 7.91. The van der Waals surface area contributed by atoms with Gasteiger partial charge >= 0.3 is 11.4 Å². The highest BCUT2D eigenvalue weighted by Gasteiger charge is 2.50. The smallest absolute Gasteiger partial charge is 0.384 e. The van der Waals surface area contributed by atoms with Crippen LogP contribution in [0.25, 0.3) is 27.8 Å². The summed E-state index contributed by atoms with van der Waals surface area (Å²) in [6.07, 6.45) is 11.3. The number of aromatic nitrogens is 7. The summed E-state index contributed by atoms with van der Waals surface area (Å²) in [5, 5.41) is 10.2. The van der Waals surface area contributed by atoms with Gasteiger partial charge in [-0.25, -0.2) is 18.5 Å². The molecule has 15 nitrogen and oxygen atoms in total. The minimum absolute atomic E-state index is 0.0123. The van der Waals surface area contributed by atoms with E-state index < -0.39 is 19.9 Å². The van der Waals surface area contributed by atoms with E-state index in [1.807, 2.05) is 44.1 Å². The van der Waals surface area contributed by atoms with Crippen molar-refractivity contribution in [3.8, 4) is 16.9 Å². The molecule has 17 heteroatoms. The number of hydrogen-bond acceptors (Lipinski definition) is 9. The Morgan fingerprint density at radius 2 is 1.68 bits per heavy atom. The number of methoxy groups -OCH3 is 1. The van der Waals surface area contributed by atoms with E-state index in [0.29, 0.717) is 73.0 Å². The van der Waals surface area contributed by atoms with Crippen LogP contribution in [-0.2, 0) is 39.6 Å². The van der Waals surface area contributed by atoms with Crippen LogP contribution < -0.4 is 11.4 Å². The number of imidazole rings is 1. The molecule has 3 saturated carbocycles. The van der Waals surface area contributed by atoms with Gasteiger partial charge in [0.15, 0.2) is 5.82 Å². The van der Waals surface area contributed by atoms with Gasteiger partial charge in [-0.05, 0) is 124 Å². The number of fused-ring (bicyclic) bond motifs is 5. The quantitative estimate of drug-likeness (QED) is 0.0786. The lowest BCUT2D eigenvalue weighted by Gasteiger charge is -2.53. The van der Waals surface area contributed by atoms with Crippen LogP contribution >= 0.6 is 0 Å². The number of carbonyl (C=O) groups is 1. The number of nitrogens with zero attached hydrogens (tertiary/aromatic N) is 8. The minimum Gasteiger partial charge on any atom is -0.384 e. The highest BCUT2D eigenvalue weighted by Crippen LogP contribution is 2.55. The Balaban J connectivity index is 1.03. The summed E-state index contributed by atoms with van der Waals surface area (Å²) in [4.78, 5) is 45.2. The van der Waals surface area contributed by atoms with Crippen LogP contribution in [0.2, 0.25) is 25.7 Å². The van der Waals surface area contributed by atoms with Gasteiger partial charge < -0.3 is 23.7 Å². The maximum atomic E-state index is 15.4. The van der Waals surface area contributed by atoms with Crippen LogP contribution in [0, 0.1) is 11.2 Å². The SMILES string of the molecule is COCC12CCC(n3ccn(-c4c(-c5ccc(F)cc5)nn5c4[C@H](C)N(C(=O)c4cc6cc(C7CCOCC7)ccc6n4Cc4noc(=O)n4COCC[Si](C)(C)C)CC5)c3=O)(CC1)CC2. The van der Waals surface area contributed by atoms with Crippen molar-refractivity contribution >= 4 is 24.9 Å². The van der Waals surface area contributed by atoms with E-state index in [-0.39, 0.29) is 41.6 Å². The lowest BCUT2D eigenvalue weighted by Crippen LogP contribution is -2.52. The predicted molar refractivity (Wildman–Crippen MR) is 249 cm³/mol. The highest BCUT2D eigenvalue weighted by molar-refractivity contribution is 6.76. The van der Waals surface area contributed by atoms with Gasteiger partial charge in [0, 0.05) is 75.9 Å². The molecule has 6 aromatic rings. The van der Waals surface area contributed by atoms with E-state index in [2.05, 4.69) is 43.0 Å². The zero-order chi connectivity index (χ0) is 46.0. The first-order valence-electron chi connectivity index (χ1n) is 23.6. The summed E-state index contributed by atoms with van der Waals surface area (Å²) < 4.78 is 45.7. The number of halogens is 1. The molecule has 0 unspecified atom stereocenters. The van der Waals surface area contributed by atoms with E-state index in [0.717, 1.165) is 74.9 Å². The van der Waals surface area contributed by atoms with Crippen molar-refractivity contribution in [3.05, 3.63) is 111 Å². The molecule has 66 heavy (non-hydrogen) atoms. The molecule has 1 atom stereocenters. The number of carbonyl (C=O) groups excluding carboxylic acids is 1. The average molecular weight is 921 g/mol. The number of ether oxygens (including phenoxy) is 3. The molecule has 2 bridgehead atoms. The standard InChI is InChI=1S/C49H61FN8O7Si/c1-33-43-44(54-20-22-57(46(54)60)49-17-14-48(15-18-49,16-19-49)31-62-2)42(35-6-9-38(50)10-7-35)51-58(43)23-21-53(33)45(59)40-29-37-28-36(34-12-24-63-25-13-34)8-11-39(37)55(40)30-41-52-65-47(61)56(41)32-64-26-27-66(3,4)5/h6-11,20,22,28-29,33-34H,12-19,21,23-27,30-32H2,1-5H3/t33-,48?,49?/m0/s1. The molecule has 0 radical (unpaired) electrons. The van der Waals surface area contributed by atoms with E-state index in [1.54, 1.807) is 23.8 Å². The third kappa shape index (κ3) is 8.04. The normalized spacial score (nSPS) is 22.4. The largest absolute Gasteiger partial charge is 0.443 e. The topological polar surface area (TPSA) is 146 Å². The monoisotopic (exact) mass is 920 g/mol. The maximum Gasteiger partial charge on any atom is 0.443 e. The fourth-order valence-corrected chi connectivity index (χ4v) is 12.0. The molecule has 1 amide bonds. The van der Waals surface area contributed by atoms with Gasteiger partial charge in [-0.3, -0.25) is 23.1 Å². The molecule has 5 aliphatic rings. The number of rotatable bonds is 14. The Morgan fingerprint density at radius 3 is 2.39 bits per heavy atom. The minimum atomic E-state index is -1.37. The van der Waals surface area contributed by atoms with Crippen molar-refractivity contribution in [2.24, 2.45) is 5.41 Å². The molecule has 6 heterocycles. The maximum absolute atomic E-state index is 15.4. The first kappa shape index (κ1) is 44.5. The van der Waals surface area contributed by atoms with Gasteiger partial charge in [0.1, 0.15) is 29.6 Å². The van der Waals surface area contributed by atoms with E-state index in [9.17, 15) is 14.0 Å². The lowest BCUT2D eigenvalue weighted by atomic mass is 9.57. The van der Waals surface area contributed by atoms with Gasteiger partial charge in [0.05, 0.1) is 31.4 Å². The second kappa shape index (κ2) is 17.4. The molecule has 3 aliphatic carbocycles. The van der Waals surface area contributed by atoms with Crippen LogP contribution in [0.3, 0.4) is 0 Å². The molecule has 2 aliphatic heterocycles. The van der Waals surface area contributed by atoms with E-state index in [4.69, 9.17) is 23.8 Å². The fourth-order valence-electron chi connectivity index (χ4n) is 11.2. The summed E-state index contributed by atoms with van der Waals surface area (Å²) in [7, 11) is 0.395. The number of hydrogen-bond donors (Lipinski definition) is 0. The Kier molecular flexibility index (Phi) is 11.7. The van der Waals surface area contributed by atoms with Crippen LogP contribution in [0.1, 0.15) is 97.8 Å². The van der Waals surface area contributed by atoms with Gasteiger partial charge in [0.2, 0.25) is 0 Å². The van der Waals surface area contributed by atoms with E-state index >= 15 is 4.79 Å². The zero-order valence-corrected chi connectivity index (χ0v) is 39.8. The third-order valence-corrected chi connectivity index (χ3v) is 16.9. The molecular formula is C49H61FN8O7Si. The second-order valence-electron chi connectivity index (χ2n) is 20.4. The van der Waals surface area contributed by atoms with Crippen molar-refractivity contribution in [1.29, 1.82) is 0 Å². The molecule has 0 N–H and O–H groups in total. The van der Waals surface area contributed by atoms with Crippen molar-refractivity contribution in [2.75, 3.05) is 40.1 Å². The average Bonchev–Trinajstić information content (AvgIpc) is 4.09. The van der Waals surface area contributed by atoms with Gasteiger partial charge in [-0.15, -0.1) is 0 Å². The molecule has 1 saturated heterocycles. The summed E-state index contributed by atoms with van der Waals surface area (Å²) in [5.41, 5.74) is 4.66.